The number of amides is 1. The van der Waals surface area contributed by atoms with Crippen LogP contribution >= 0.6 is 34.2 Å². The summed E-state index contributed by atoms with van der Waals surface area (Å²) in [5.41, 5.74) is 0.767. The van der Waals surface area contributed by atoms with E-state index in [9.17, 15) is 4.79 Å². The Morgan fingerprint density at radius 1 is 1.50 bits per heavy atom. The minimum Gasteiger partial charge on any atom is -0.325 e. The molecule has 5 nitrogen and oxygen atoms in total. The summed E-state index contributed by atoms with van der Waals surface area (Å²) in [4.78, 5) is 15.5. The number of hydrogen-bond donors (Lipinski definition) is 1. The summed E-state index contributed by atoms with van der Waals surface area (Å²) in [7, 11) is 0. The molecule has 1 aromatic heterocycles. The molecule has 7 heteroatoms. The van der Waals surface area contributed by atoms with E-state index in [0.29, 0.717) is 18.0 Å². The highest BCUT2D eigenvalue weighted by atomic mass is 127. The van der Waals surface area contributed by atoms with Crippen LogP contribution in [0.3, 0.4) is 0 Å². The molecule has 0 aliphatic carbocycles. The number of carbonyl (C=O) groups is 1. The Hall–Kier alpha value is -1.15. The summed E-state index contributed by atoms with van der Waals surface area (Å²) in [5.74, 6) is -0.0641. The van der Waals surface area contributed by atoms with Crippen LogP contribution < -0.4 is 5.32 Å². The SMILES string of the molecule is O=C(CCn1cncn1)Nc1ccc(Cl)cc1I. The van der Waals surface area contributed by atoms with E-state index in [-0.39, 0.29) is 5.91 Å². The molecule has 0 saturated carbocycles. The van der Waals surface area contributed by atoms with Gasteiger partial charge in [-0.2, -0.15) is 5.10 Å². The van der Waals surface area contributed by atoms with E-state index in [0.717, 1.165) is 9.26 Å². The smallest absolute Gasteiger partial charge is 0.226 e. The van der Waals surface area contributed by atoms with Crippen molar-refractivity contribution in [1.29, 1.82) is 0 Å². The van der Waals surface area contributed by atoms with Gasteiger partial charge in [0.25, 0.3) is 0 Å². The Morgan fingerprint density at radius 3 is 3.00 bits per heavy atom. The number of halogens is 2. The van der Waals surface area contributed by atoms with Crippen molar-refractivity contribution in [2.75, 3.05) is 5.32 Å². The second kappa shape index (κ2) is 6.14. The fourth-order valence-electron chi connectivity index (χ4n) is 1.37. The first-order valence-corrected chi connectivity index (χ1v) is 6.68. The molecule has 1 amide bonds. The predicted molar refractivity (Wildman–Crippen MR) is 77.4 cm³/mol. The number of benzene rings is 1. The standard InChI is InChI=1S/C11H10ClIN4O/c12-8-1-2-10(9(13)5-8)16-11(18)3-4-17-7-14-6-15-17/h1-2,5-7H,3-4H2,(H,16,18). The summed E-state index contributed by atoms with van der Waals surface area (Å²) in [6.45, 7) is 0.510. The van der Waals surface area contributed by atoms with Gasteiger partial charge < -0.3 is 5.32 Å². The lowest BCUT2D eigenvalue weighted by atomic mass is 10.3. The van der Waals surface area contributed by atoms with Crippen molar-refractivity contribution in [3.05, 3.63) is 39.4 Å². The van der Waals surface area contributed by atoms with E-state index in [1.54, 1.807) is 29.2 Å². The van der Waals surface area contributed by atoms with Crippen molar-refractivity contribution in [3.63, 3.8) is 0 Å². The average Bonchev–Trinajstić information content (AvgIpc) is 2.83. The van der Waals surface area contributed by atoms with Gasteiger partial charge in [0, 0.05) is 15.0 Å². The molecule has 1 heterocycles. The molecular formula is C11H10ClIN4O. The maximum atomic E-state index is 11.7. The normalized spacial score (nSPS) is 10.3. The zero-order valence-electron chi connectivity index (χ0n) is 9.31. The molecule has 2 rings (SSSR count). The summed E-state index contributed by atoms with van der Waals surface area (Å²) in [6, 6.07) is 5.34. The minimum atomic E-state index is -0.0641. The lowest BCUT2D eigenvalue weighted by Gasteiger charge is -2.07. The molecule has 1 N–H and O–H groups in total. The number of carbonyl (C=O) groups excluding carboxylic acids is 1. The first-order valence-electron chi connectivity index (χ1n) is 5.22. The Balaban J connectivity index is 1.91. The molecule has 18 heavy (non-hydrogen) atoms. The topological polar surface area (TPSA) is 59.8 Å². The van der Waals surface area contributed by atoms with Crippen molar-refractivity contribution in [3.8, 4) is 0 Å². The molecule has 0 bridgehead atoms. The van der Waals surface area contributed by atoms with E-state index in [4.69, 9.17) is 11.6 Å². The van der Waals surface area contributed by atoms with E-state index in [2.05, 4.69) is 38.0 Å². The number of nitrogens with zero attached hydrogens (tertiary/aromatic N) is 3. The fraction of sp³-hybridized carbons (Fsp3) is 0.182. The monoisotopic (exact) mass is 376 g/mol. The van der Waals surface area contributed by atoms with Crippen LogP contribution in [0.1, 0.15) is 6.42 Å². The van der Waals surface area contributed by atoms with Crippen molar-refractivity contribution < 1.29 is 4.79 Å². The van der Waals surface area contributed by atoms with Crippen molar-refractivity contribution in [2.45, 2.75) is 13.0 Å². The zero-order valence-corrected chi connectivity index (χ0v) is 12.2. The minimum absolute atomic E-state index is 0.0641. The number of rotatable bonds is 4. The Labute approximate surface area is 123 Å². The van der Waals surface area contributed by atoms with E-state index >= 15 is 0 Å². The largest absolute Gasteiger partial charge is 0.325 e. The molecule has 0 spiro atoms. The third kappa shape index (κ3) is 3.67. The third-order valence-corrected chi connectivity index (χ3v) is 3.37. The summed E-state index contributed by atoms with van der Waals surface area (Å²) in [6.07, 6.45) is 3.38. The summed E-state index contributed by atoms with van der Waals surface area (Å²) in [5, 5.41) is 7.42. The van der Waals surface area contributed by atoms with Crippen LogP contribution in [0.25, 0.3) is 0 Å². The number of aryl methyl sites for hydroxylation is 1. The maximum Gasteiger partial charge on any atom is 0.226 e. The Morgan fingerprint density at radius 2 is 2.33 bits per heavy atom. The number of aromatic nitrogens is 3. The van der Waals surface area contributed by atoms with Gasteiger partial charge in [0.1, 0.15) is 12.7 Å². The first kappa shape index (κ1) is 13.3. The molecule has 0 radical (unpaired) electrons. The van der Waals surface area contributed by atoms with Gasteiger partial charge >= 0.3 is 0 Å². The zero-order chi connectivity index (χ0) is 13.0. The lowest BCUT2D eigenvalue weighted by Crippen LogP contribution is -2.15. The number of nitrogens with one attached hydrogen (secondary N) is 1. The number of hydrogen-bond acceptors (Lipinski definition) is 3. The van der Waals surface area contributed by atoms with Crippen LogP contribution in [0.5, 0.6) is 0 Å². The van der Waals surface area contributed by atoms with E-state index < -0.39 is 0 Å². The maximum absolute atomic E-state index is 11.7. The van der Waals surface area contributed by atoms with Crippen LogP contribution in [0.4, 0.5) is 5.69 Å². The van der Waals surface area contributed by atoms with Crippen molar-refractivity contribution >= 4 is 45.8 Å². The van der Waals surface area contributed by atoms with Crippen LogP contribution in [-0.4, -0.2) is 20.7 Å². The highest BCUT2D eigenvalue weighted by Crippen LogP contribution is 2.22. The van der Waals surface area contributed by atoms with Crippen molar-refractivity contribution in [1.82, 2.24) is 14.8 Å². The third-order valence-electron chi connectivity index (χ3n) is 2.24. The summed E-state index contributed by atoms with van der Waals surface area (Å²) < 4.78 is 2.53. The Bertz CT molecular complexity index is 544. The molecule has 2 aromatic rings. The highest BCUT2D eigenvalue weighted by Gasteiger charge is 2.06. The van der Waals surface area contributed by atoms with E-state index in [1.165, 1.54) is 6.33 Å². The second-order valence-electron chi connectivity index (χ2n) is 3.58. The molecule has 1 aromatic carbocycles. The van der Waals surface area contributed by atoms with Gasteiger partial charge in [-0.3, -0.25) is 9.48 Å². The van der Waals surface area contributed by atoms with Gasteiger partial charge in [-0.25, -0.2) is 4.98 Å². The number of anilines is 1. The molecule has 0 atom stereocenters. The summed E-state index contributed by atoms with van der Waals surface area (Å²) >= 11 is 7.98. The molecule has 94 valence electrons. The van der Waals surface area contributed by atoms with Crippen LogP contribution in [0.2, 0.25) is 5.02 Å². The van der Waals surface area contributed by atoms with E-state index in [1.807, 2.05) is 0 Å². The quantitative estimate of drug-likeness (QED) is 0.834. The predicted octanol–water partition coefficient (Wildman–Crippen LogP) is 2.56. The fourth-order valence-corrected chi connectivity index (χ4v) is 2.37. The van der Waals surface area contributed by atoms with Crippen molar-refractivity contribution in [2.24, 2.45) is 0 Å². The van der Waals surface area contributed by atoms with Gasteiger partial charge in [-0.15, -0.1) is 0 Å². The highest BCUT2D eigenvalue weighted by molar-refractivity contribution is 14.1. The van der Waals surface area contributed by atoms with Crippen LogP contribution in [-0.2, 0) is 11.3 Å². The first-order chi connectivity index (χ1) is 8.65. The van der Waals surface area contributed by atoms with Gasteiger partial charge in [-0.05, 0) is 40.8 Å². The lowest BCUT2D eigenvalue weighted by molar-refractivity contribution is -0.116. The second-order valence-corrected chi connectivity index (χ2v) is 5.18. The molecule has 0 aliphatic rings. The molecule has 0 unspecified atom stereocenters. The van der Waals surface area contributed by atoms with Gasteiger partial charge in [0.05, 0.1) is 12.2 Å². The van der Waals surface area contributed by atoms with Gasteiger partial charge in [-0.1, -0.05) is 11.6 Å². The molecule has 0 aliphatic heterocycles. The molecule has 0 fully saturated rings. The van der Waals surface area contributed by atoms with Gasteiger partial charge in [0.2, 0.25) is 5.91 Å². The molecule has 0 saturated heterocycles. The average molecular weight is 377 g/mol. The Kier molecular flexibility index (Phi) is 4.54. The molecular weight excluding hydrogens is 367 g/mol. The van der Waals surface area contributed by atoms with Crippen LogP contribution in [0.15, 0.2) is 30.9 Å². The van der Waals surface area contributed by atoms with Crippen LogP contribution in [0, 0.1) is 3.57 Å². The van der Waals surface area contributed by atoms with Gasteiger partial charge in [0.15, 0.2) is 0 Å².